The number of nitrogens with one attached hydrogen (secondary N) is 1. The molecule has 3 aromatic carbocycles. The van der Waals surface area contributed by atoms with E-state index in [1.54, 1.807) is 48.5 Å². The lowest BCUT2D eigenvalue weighted by atomic mass is 10.1. The van der Waals surface area contributed by atoms with Gasteiger partial charge in [0.25, 0.3) is 10.0 Å². The number of Topliss-reactive ketones (excluding diaryl/α,β-unsaturated/α-hetero) is 1. The molecule has 31 heavy (non-hydrogen) atoms. The SMILES string of the molecule is CC(=O)c1cccc(NC(=O)CN(c2ccccc2Cl)S(=O)(=O)c2ccc(C)cc2)c1. The quantitative estimate of drug-likeness (QED) is 0.523. The summed E-state index contributed by atoms with van der Waals surface area (Å²) in [6.07, 6.45) is 0. The van der Waals surface area contributed by atoms with Crippen LogP contribution in [0.3, 0.4) is 0 Å². The van der Waals surface area contributed by atoms with Gasteiger partial charge in [0, 0.05) is 11.3 Å². The lowest BCUT2D eigenvalue weighted by Crippen LogP contribution is -2.38. The van der Waals surface area contributed by atoms with Crippen LogP contribution in [0.1, 0.15) is 22.8 Å². The maximum atomic E-state index is 13.4. The van der Waals surface area contributed by atoms with Gasteiger partial charge in [-0.25, -0.2) is 8.42 Å². The smallest absolute Gasteiger partial charge is 0.264 e. The average molecular weight is 457 g/mol. The first kappa shape index (κ1) is 22.5. The van der Waals surface area contributed by atoms with Crippen LogP contribution >= 0.6 is 11.6 Å². The lowest BCUT2D eigenvalue weighted by Gasteiger charge is -2.25. The van der Waals surface area contributed by atoms with Crippen LogP contribution in [0.4, 0.5) is 11.4 Å². The topological polar surface area (TPSA) is 83.6 Å². The van der Waals surface area contributed by atoms with Crippen LogP contribution in [0.5, 0.6) is 0 Å². The van der Waals surface area contributed by atoms with Crippen molar-refractivity contribution in [3.8, 4) is 0 Å². The number of hydrogen-bond donors (Lipinski definition) is 1. The summed E-state index contributed by atoms with van der Waals surface area (Å²) in [5.74, 6) is -0.716. The Morgan fingerprint density at radius 2 is 1.65 bits per heavy atom. The number of halogens is 1. The minimum absolute atomic E-state index is 0.0457. The van der Waals surface area contributed by atoms with Crippen molar-refractivity contribution in [2.24, 2.45) is 0 Å². The van der Waals surface area contributed by atoms with Crippen LogP contribution in [-0.4, -0.2) is 26.7 Å². The molecule has 0 spiro atoms. The summed E-state index contributed by atoms with van der Waals surface area (Å²) in [6.45, 7) is 2.78. The second-order valence-electron chi connectivity index (χ2n) is 6.96. The Kier molecular flexibility index (Phi) is 6.77. The van der Waals surface area contributed by atoms with Crippen molar-refractivity contribution in [3.63, 3.8) is 0 Å². The van der Waals surface area contributed by atoms with Gasteiger partial charge in [0.15, 0.2) is 5.78 Å². The lowest BCUT2D eigenvalue weighted by molar-refractivity contribution is -0.114. The molecule has 0 unspecified atom stereocenters. The molecule has 1 N–H and O–H groups in total. The highest BCUT2D eigenvalue weighted by Crippen LogP contribution is 2.30. The largest absolute Gasteiger partial charge is 0.324 e. The molecule has 0 aliphatic rings. The average Bonchev–Trinajstić information content (AvgIpc) is 2.73. The minimum atomic E-state index is -4.07. The number of nitrogens with zero attached hydrogens (tertiary/aromatic N) is 1. The number of hydrogen-bond acceptors (Lipinski definition) is 4. The predicted molar refractivity (Wildman–Crippen MR) is 122 cm³/mol. The zero-order chi connectivity index (χ0) is 22.6. The van der Waals surface area contributed by atoms with Crippen molar-refractivity contribution in [1.29, 1.82) is 0 Å². The van der Waals surface area contributed by atoms with E-state index in [9.17, 15) is 18.0 Å². The Morgan fingerprint density at radius 3 is 2.29 bits per heavy atom. The van der Waals surface area contributed by atoms with Crippen LogP contribution in [0, 0.1) is 6.92 Å². The molecule has 6 nitrogen and oxygen atoms in total. The fourth-order valence-electron chi connectivity index (χ4n) is 2.94. The molecule has 0 atom stereocenters. The van der Waals surface area contributed by atoms with E-state index in [1.165, 1.54) is 31.2 Å². The van der Waals surface area contributed by atoms with Crippen molar-refractivity contribution in [2.45, 2.75) is 18.7 Å². The maximum Gasteiger partial charge on any atom is 0.264 e. The van der Waals surface area contributed by atoms with Gasteiger partial charge in [0.1, 0.15) is 6.54 Å². The van der Waals surface area contributed by atoms with Crippen LogP contribution < -0.4 is 9.62 Å². The fourth-order valence-corrected chi connectivity index (χ4v) is 4.67. The summed E-state index contributed by atoms with van der Waals surface area (Å²) in [6, 6.07) is 19.2. The van der Waals surface area contributed by atoms with E-state index in [4.69, 9.17) is 11.6 Å². The molecule has 0 saturated carbocycles. The van der Waals surface area contributed by atoms with Crippen molar-refractivity contribution in [2.75, 3.05) is 16.2 Å². The highest BCUT2D eigenvalue weighted by Gasteiger charge is 2.28. The number of carbonyl (C=O) groups is 2. The highest BCUT2D eigenvalue weighted by atomic mass is 35.5. The molecule has 0 aliphatic heterocycles. The summed E-state index contributed by atoms with van der Waals surface area (Å²) in [5, 5.41) is 2.85. The molecule has 160 valence electrons. The Morgan fingerprint density at radius 1 is 0.968 bits per heavy atom. The molecule has 0 saturated heterocycles. The van der Waals surface area contributed by atoms with E-state index in [2.05, 4.69) is 5.32 Å². The van der Waals surface area contributed by atoms with E-state index in [0.717, 1.165) is 9.87 Å². The Bertz CT molecular complexity index is 1220. The van der Waals surface area contributed by atoms with Crippen molar-refractivity contribution < 1.29 is 18.0 Å². The van der Waals surface area contributed by atoms with Gasteiger partial charge in [-0.05, 0) is 50.2 Å². The van der Waals surface area contributed by atoms with E-state index < -0.39 is 22.5 Å². The van der Waals surface area contributed by atoms with E-state index in [-0.39, 0.29) is 21.4 Å². The molecule has 8 heteroatoms. The van der Waals surface area contributed by atoms with Crippen molar-refractivity contribution in [3.05, 3.63) is 88.9 Å². The number of carbonyl (C=O) groups excluding carboxylic acids is 2. The summed E-state index contributed by atoms with van der Waals surface area (Å²) in [5.41, 5.74) is 1.93. The molecule has 0 aromatic heterocycles. The van der Waals surface area contributed by atoms with Crippen molar-refractivity contribution in [1.82, 2.24) is 0 Å². The van der Waals surface area contributed by atoms with Gasteiger partial charge in [0.05, 0.1) is 15.6 Å². The number of para-hydroxylation sites is 1. The second-order valence-corrected chi connectivity index (χ2v) is 9.23. The number of aryl methyl sites for hydroxylation is 1. The Hall–Kier alpha value is -3.16. The molecule has 3 aromatic rings. The standard InChI is InChI=1S/C23H21ClN2O4S/c1-16-10-12-20(13-11-16)31(29,30)26(22-9-4-3-8-21(22)24)15-23(28)25-19-7-5-6-18(14-19)17(2)27/h3-14H,15H2,1-2H3,(H,25,28). The minimum Gasteiger partial charge on any atom is -0.324 e. The van der Waals surface area contributed by atoms with Gasteiger partial charge in [0.2, 0.25) is 5.91 Å². The first-order valence-electron chi connectivity index (χ1n) is 9.43. The predicted octanol–water partition coefficient (Wildman–Crippen LogP) is 4.69. The number of ketones is 1. The normalized spacial score (nSPS) is 11.1. The summed E-state index contributed by atoms with van der Waals surface area (Å²) >= 11 is 6.26. The van der Waals surface area contributed by atoms with Crippen LogP contribution in [0.25, 0.3) is 0 Å². The third-order valence-electron chi connectivity index (χ3n) is 4.57. The van der Waals surface area contributed by atoms with Gasteiger partial charge in [-0.15, -0.1) is 0 Å². The first-order chi connectivity index (χ1) is 14.7. The van der Waals surface area contributed by atoms with Crippen LogP contribution in [0.15, 0.2) is 77.7 Å². The number of rotatable bonds is 7. The van der Waals surface area contributed by atoms with E-state index >= 15 is 0 Å². The maximum absolute atomic E-state index is 13.4. The zero-order valence-corrected chi connectivity index (χ0v) is 18.6. The Labute approximate surface area is 186 Å². The molecule has 1 amide bonds. The molecule has 0 radical (unpaired) electrons. The molecular formula is C23H21ClN2O4S. The number of anilines is 2. The molecule has 0 bridgehead atoms. The van der Waals surface area contributed by atoms with Gasteiger partial charge in [-0.1, -0.05) is 53.6 Å². The van der Waals surface area contributed by atoms with Gasteiger partial charge < -0.3 is 5.32 Å². The second kappa shape index (κ2) is 9.32. The Balaban J connectivity index is 1.95. The molecule has 0 heterocycles. The molecule has 3 rings (SSSR count). The fraction of sp³-hybridized carbons (Fsp3) is 0.130. The zero-order valence-electron chi connectivity index (χ0n) is 17.0. The molecule has 0 fully saturated rings. The summed E-state index contributed by atoms with van der Waals surface area (Å²) in [7, 11) is -4.07. The van der Waals surface area contributed by atoms with E-state index in [0.29, 0.717) is 11.3 Å². The summed E-state index contributed by atoms with van der Waals surface area (Å²) in [4.78, 5) is 24.4. The third-order valence-corrected chi connectivity index (χ3v) is 6.66. The molecular weight excluding hydrogens is 436 g/mol. The highest BCUT2D eigenvalue weighted by molar-refractivity contribution is 7.92. The van der Waals surface area contributed by atoms with Crippen molar-refractivity contribution >= 4 is 44.7 Å². The van der Waals surface area contributed by atoms with Gasteiger partial charge in [-0.3, -0.25) is 13.9 Å². The van der Waals surface area contributed by atoms with Crippen LogP contribution in [-0.2, 0) is 14.8 Å². The number of amides is 1. The van der Waals surface area contributed by atoms with E-state index in [1.807, 2.05) is 6.92 Å². The monoisotopic (exact) mass is 456 g/mol. The third kappa shape index (κ3) is 5.31. The van der Waals surface area contributed by atoms with Gasteiger partial charge in [-0.2, -0.15) is 0 Å². The number of sulfonamides is 1. The van der Waals surface area contributed by atoms with Crippen LogP contribution in [0.2, 0.25) is 5.02 Å². The van der Waals surface area contributed by atoms with Gasteiger partial charge >= 0.3 is 0 Å². The first-order valence-corrected chi connectivity index (χ1v) is 11.2. The molecule has 0 aliphatic carbocycles. The summed E-state index contributed by atoms with van der Waals surface area (Å²) < 4.78 is 27.7. The number of benzene rings is 3.